The molecule has 0 unspecified atom stereocenters. The Morgan fingerprint density at radius 2 is 1.66 bits per heavy atom. The van der Waals surface area contributed by atoms with Crippen LogP contribution in [0.25, 0.3) is 0 Å². The molecule has 2 fully saturated rings. The van der Waals surface area contributed by atoms with Gasteiger partial charge >= 0.3 is 0 Å². The van der Waals surface area contributed by atoms with E-state index in [1.165, 1.54) is 82.6 Å². The van der Waals surface area contributed by atoms with E-state index in [-0.39, 0.29) is 6.29 Å². The first kappa shape index (κ1) is 25.3. The highest BCUT2D eigenvalue weighted by atomic mass is 16.7. The highest BCUT2D eigenvalue weighted by Gasteiger charge is 2.27. The van der Waals surface area contributed by atoms with Crippen molar-refractivity contribution in [2.24, 2.45) is 11.8 Å². The summed E-state index contributed by atoms with van der Waals surface area (Å²) < 4.78 is 18.4. The van der Waals surface area contributed by atoms with Crippen molar-refractivity contribution in [3.63, 3.8) is 0 Å². The molecular weight excluding hydrogens is 396 g/mol. The second-order valence-corrected chi connectivity index (χ2v) is 9.97. The molecule has 0 bridgehead atoms. The lowest BCUT2D eigenvalue weighted by atomic mass is 9.77. The normalized spacial score (nSPS) is 26.1. The van der Waals surface area contributed by atoms with Gasteiger partial charge in [0.2, 0.25) is 0 Å². The van der Waals surface area contributed by atoms with Crippen LogP contribution >= 0.6 is 0 Å². The molecule has 2 aliphatic rings. The molecule has 3 heteroatoms. The molecule has 1 aliphatic heterocycles. The smallest absolute Gasteiger partial charge is 0.183 e. The van der Waals surface area contributed by atoms with Gasteiger partial charge in [-0.2, -0.15) is 0 Å². The zero-order valence-electron chi connectivity index (χ0n) is 20.7. The summed E-state index contributed by atoms with van der Waals surface area (Å²) in [4.78, 5) is 0. The topological polar surface area (TPSA) is 27.7 Å². The van der Waals surface area contributed by atoms with Gasteiger partial charge in [0, 0.05) is 11.5 Å². The van der Waals surface area contributed by atoms with E-state index >= 15 is 0 Å². The second-order valence-electron chi connectivity index (χ2n) is 9.97. The van der Waals surface area contributed by atoms with E-state index in [4.69, 9.17) is 14.2 Å². The van der Waals surface area contributed by atoms with Crippen molar-refractivity contribution >= 4 is 0 Å². The number of ether oxygens (including phenoxy) is 3. The largest absolute Gasteiger partial charge is 0.489 e. The Balaban J connectivity index is 1.58. The minimum Gasteiger partial charge on any atom is -0.489 e. The molecule has 32 heavy (non-hydrogen) atoms. The molecule has 1 heterocycles. The first-order chi connectivity index (χ1) is 15.7. The molecule has 3 nitrogen and oxygen atoms in total. The van der Waals surface area contributed by atoms with E-state index in [9.17, 15) is 0 Å². The summed E-state index contributed by atoms with van der Waals surface area (Å²) in [5, 5.41) is 0. The third-order valence-electron chi connectivity index (χ3n) is 7.33. The van der Waals surface area contributed by atoms with Gasteiger partial charge in [0.1, 0.15) is 12.4 Å². The highest BCUT2D eigenvalue weighted by Crippen LogP contribution is 2.42. The van der Waals surface area contributed by atoms with Crippen molar-refractivity contribution in [3.8, 4) is 5.75 Å². The van der Waals surface area contributed by atoms with Crippen molar-refractivity contribution < 1.29 is 14.2 Å². The summed E-state index contributed by atoms with van der Waals surface area (Å²) in [6, 6.07) is 6.55. The Labute approximate surface area is 196 Å². The van der Waals surface area contributed by atoms with E-state index in [0.29, 0.717) is 18.4 Å². The number of rotatable bonds is 13. The highest BCUT2D eigenvalue weighted by molar-refractivity contribution is 5.40. The fourth-order valence-electron chi connectivity index (χ4n) is 5.42. The van der Waals surface area contributed by atoms with Gasteiger partial charge in [-0.05, 0) is 61.6 Å². The molecule has 1 saturated heterocycles. The standard InChI is InChI=1S/C29H46O3/c1-4-7-8-9-10-12-24-21-31-29(32-22-24)26-17-18-28(30-19-6-3)27(20-26)25-15-13-23(11-5-2)14-16-25/h6,17-18,20,23-25,29H,3-5,7-16,19,21-22H2,1-2H3. The maximum atomic E-state index is 6.19. The summed E-state index contributed by atoms with van der Waals surface area (Å²) in [5.74, 6) is 3.02. The molecule has 1 aromatic rings. The van der Waals surface area contributed by atoms with Gasteiger partial charge in [-0.15, -0.1) is 0 Å². The fourth-order valence-corrected chi connectivity index (χ4v) is 5.42. The summed E-state index contributed by atoms with van der Waals surface area (Å²) in [5.41, 5.74) is 2.48. The minimum atomic E-state index is -0.241. The Morgan fingerprint density at radius 1 is 0.906 bits per heavy atom. The molecule has 0 amide bonds. The lowest BCUT2D eigenvalue weighted by Crippen LogP contribution is -2.27. The van der Waals surface area contributed by atoms with Crippen LogP contribution in [0.4, 0.5) is 0 Å². The monoisotopic (exact) mass is 442 g/mol. The Morgan fingerprint density at radius 3 is 2.34 bits per heavy atom. The third kappa shape index (κ3) is 7.63. The summed E-state index contributed by atoms with van der Waals surface area (Å²) in [6.45, 7) is 10.6. The van der Waals surface area contributed by atoms with Gasteiger partial charge in [0.25, 0.3) is 0 Å². The van der Waals surface area contributed by atoms with Crippen molar-refractivity contribution in [2.75, 3.05) is 19.8 Å². The van der Waals surface area contributed by atoms with Crippen LogP contribution < -0.4 is 4.74 Å². The van der Waals surface area contributed by atoms with Crippen LogP contribution in [0.5, 0.6) is 5.75 Å². The van der Waals surface area contributed by atoms with Crippen molar-refractivity contribution in [3.05, 3.63) is 42.0 Å². The molecule has 1 saturated carbocycles. The Hall–Kier alpha value is -1.32. The van der Waals surface area contributed by atoms with Crippen LogP contribution in [0.2, 0.25) is 0 Å². The average molecular weight is 443 g/mol. The van der Waals surface area contributed by atoms with Gasteiger partial charge in [0.15, 0.2) is 6.29 Å². The van der Waals surface area contributed by atoms with Crippen molar-refractivity contribution in [2.45, 2.75) is 103 Å². The Kier molecular flexibility index (Phi) is 11.1. The average Bonchev–Trinajstić information content (AvgIpc) is 2.84. The predicted molar refractivity (Wildman–Crippen MR) is 133 cm³/mol. The molecule has 0 atom stereocenters. The van der Waals surface area contributed by atoms with E-state index < -0.39 is 0 Å². The van der Waals surface area contributed by atoms with Crippen LogP contribution in [-0.2, 0) is 9.47 Å². The van der Waals surface area contributed by atoms with Crippen LogP contribution in [-0.4, -0.2) is 19.8 Å². The fraction of sp³-hybridized carbons (Fsp3) is 0.724. The first-order valence-corrected chi connectivity index (χ1v) is 13.4. The van der Waals surface area contributed by atoms with E-state index in [1.807, 2.05) is 6.08 Å². The number of unbranched alkanes of at least 4 members (excludes halogenated alkanes) is 4. The summed E-state index contributed by atoms with van der Waals surface area (Å²) >= 11 is 0. The predicted octanol–water partition coefficient (Wildman–Crippen LogP) is 8.35. The minimum absolute atomic E-state index is 0.241. The molecule has 0 spiro atoms. The van der Waals surface area contributed by atoms with Crippen LogP contribution in [0.15, 0.2) is 30.9 Å². The van der Waals surface area contributed by atoms with Gasteiger partial charge in [0.05, 0.1) is 13.2 Å². The lowest BCUT2D eigenvalue weighted by Gasteiger charge is -2.32. The van der Waals surface area contributed by atoms with Crippen LogP contribution in [0.1, 0.15) is 114 Å². The number of hydrogen-bond acceptors (Lipinski definition) is 3. The number of hydrogen-bond donors (Lipinski definition) is 0. The molecule has 0 N–H and O–H groups in total. The number of benzene rings is 1. The molecule has 3 rings (SSSR count). The quantitative estimate of drug-likeness (QED) is 0.227. The van der Waals surface area contributed by atoms with Crippen molar-refractivity contribution in [1.82, 2.24) is 0 Å². The van der Waals surface area contributed by atoms with Crippen molar-refractivity contribution in [1.29, 1.82) is 0 Å². The molecule has 0 aromatic heterocycles. The van der Waals surface area contributed by atoms with Gasteiger partial charge in [-0.3, -0.25) is 0 Å². The van der Waals surface area contributed by atoms with Crippen LogP contribution in [0, 0.1) is 11.8 Å². The summed E-state index contributed by atoms with van der Waals surface area (Å²) in [6.07, 6.45) is 17.3. The van der Waals surface area contributed by atoms with Gasteiger partial charge in [-0.1, -0.05) is 77.5 Å². The van der Waals surface area contributed by atoms with Gasteiger partial charge < -0.3 is 14.2 Å². The third-order valence-corrected chi connectivity index (χ3v) is 7.33. The molecular formula is C29H46O3. The van der Waals surface area contributed by atoms with E-state index in [2.05, 4.69) is 38.6 Å². The molecule has 0 radical (unpaired) electrons. The van der Waals surface area contributed by atoms with Crippen LogP contribution in [0.3, 0.4) is 0 Å². The molecule has 180 valence electrons. The Bertz CT molecular complexity index is 654. The zero-order valence-corrected chi connectivity index (χ0v) is 20.7. The second kappa shape index (κ2) is 14.1. The maximum Gasteiger partial charge on any atom is 0.183 e. The lowest BCUT2D eigenvalue weighted by molar-refractivity contribution is -0.206. The molecule has 1 aliphatic carbocycles. The van der Waals surface area contributed by atoms with E-state index in [0.717, 1.165) is 30.4 Å². The first-order valence-electron chi connectivity index (χ1n) is 13.4. The zero-order chi connectivity index (χ0) is 22.6. The summed E-state index contributed by atoms with van der Waals surface area (Å²) in [7, 11) is 0. The van der Waals surface area contributed by atoms with Gasteiger partial charge in [-0.25, -0.2) is 0 Å². The molecule has 1 aromatic carbocycles. The maximum absolute atomic E-state index is 6.19. The van der Waals surface area contributed by atoms with E-state index in [1.54, 1.807) is 0 Å². The SMILES string of the molecule is C=CCOc1ccc(C2OCC(CCCCCCC)CO2)cc1C1CCC(CCC)CC1.